The first-order chi connectivity index (χ1) is 12.5. The zero-order valence-electron chi connectivity index (χ0n) is 16.8. The second kappa shape index (κ2) is 9.97. The van der Waals surface area contributed by atoms with Crippen molar-refractivity contribution >= 4 is 0 Å². The van der Waals surface area contributed by atoms with Crippen molar-refractivity contribution in [2.24, 2.45) is 0 Å². The van der Waals surface area contributed by atoms with Crippen LogP contribution in [0.4, 0.5) is 0 Å². The number of unbranched alkanes of at least 4 members (excludes halogenated alkanes) is 1. The summed E-state index contributed by atoms with van der Waals surface area (Å²) in [6.45, 7) is 13.0. The van der Waals surface area contributed by atoms with Crippen molar-refractivity contribution in [3.63, 3.8) is 0 Å². The molecule has 0 aliphatic carbocycles. The van der Waals surface area contributed by atoms with E-state index in [4.69, 9.17) is 0 Å². The molecule has 0 N–H and O–H groups in total. The molecular weight excluding hydrogens is 312 g/mol. The molecule has 0 bridgehead atoms. The second-order valence-corrected chi connectivity index (χ2v) is 7.27. The first-order valence-electron chi connectivity index (χ1n) is 9.68. The minimum absolute atomic E-state index is 0.947. The molecule has 2 aromatic carbocycles. The Morgan fingerprint density at radius 2 is 1.62 bits per heavy atom. The molecule has 0 aromatic heterocycles. The van der Waals surface area contributed by atoms with E-state index in [2.05, 4.69) is 94.9 Å². The van der Waals surface area contributed by atoms with E-state index in [1.165, 1.54) is 52.7 Å². The van der Waals surface area contributed by atoms with Gasteiger partial charge >= 0.3 is 0 Å². The Bertz CT molecular complexity index is 788. The lowest BCUT2D eigenvalue weighted by molar-refractivity contribution is 0.780. The van der Waals surface area contributed by atoms with Crippen LogP contribution in [0.25, 0.3) is 11.1 Å². The van der Waals surface area contributed by atoms with E-state index in [0.29, 0.717) is 0 Å². The van der Waals surface area contributed by atoms with Crippen LogP contribution in [0, 0.1) is 0 Å². The quantitative estimate of drug-likeness (QED) is 0.426. The molecule has 0 saturated carbocycles. The van der Waals surface area contributed by atoms with Crippen LogP contribution in [0.2, 0.25) is 0 Å². The van der Waals surface area contributed by atoms with Crippen LogP contribution in [0.5, 0.6) is 0 Å². The highest BCUT2D eigenvalue weighted by Gasteiger charge is 2.07. The monoisotopic (exact) mass is 344 g/mol. The maximum atomic E-state index is 4.11. The summed E-state index contributed by atoms with van der Waals surface area (Å²) in [4.78, 5) is 0. The highest BCUT2D eigenvalue weighted by Crippen LogP contribution is 2.26. The van der Waals surface area contributed by atoms with E-state index in [9.17, 15) is 0 Å². The van der Waals surface area contributed by atoms with Crippen LogP contribution < -0.4 is 0 Å². The maximum Gasteiger partial charge on any atom is -0.00229 e. The van der Waals surface area contributed by atoms with Crippen molar-refractivity contribution in [1.82, 2.24) is 0 Å². The van der Waals surface area contributed by atoms with Crippen molar-refractivity contribution in [3.8, 4) is 11.1 Å². The molecule has 0 nitrogen and oxygen atoms in total. The number of rotatable bonds is 8. The fourth-order valence-corrected chi connectivity index (χ4v) is 3.20. The average Bonchev–Trinajstić information content (AvgIpc) is 2.65. The van der Waals surface area contributed by atoms with E-state index in [0.717, 1.165) is 12.0 Å². The van der Waals surface area contributed by atoms with Gasteiger partial charge in [0.25, 0.3) is 0 Å². The molecule has 136 valence electrons. The van der Waals surface area contributed by atoms with Gasteiger partial charge in [-0.1, -0.05) is 91.7 Å². The molecule has 0 aliphatic rings. The molecule has 0 saturated heterocycles. The second-order valence-electron chi connectivity index (χ2n) is 7.27. The molecule has 2 rings (SSSR count). The highest BCUT2D eigenvalue weighted by molar-refractivity contribution is 5.64. The lowest BCUT2D eigenvalue weighted by Crippen LogP contribution is -1.97. The molecule has 0 radical (unpaired) electrons. The predicted octanol–water partition coefficient (Wildman–Crippen LogP) is 7.93. The van der Waals surface area contributed by atoms with Gasteiger partial charge in [-0.25, -0.2) is 0 Å². The molecule has 0 heteroatoms. The molecule has 0 heterocycles. The van der Waals surface area contributed by atoms with Crippen molar-refractivity contribution in [3.05, 3.63) is 95.1 Å². The molecule has 0 aliphatic heterocycles. The number of hydrogen-bond donors (Lipinski definition) is 0. The third-order valence-corrected chi connectivity index (χ3v) is 4.88. The van der Waals surface area contributed by atoms with Crippen LogP contribution in [-0.4, -0.2) is 0 Å². The Morgan fingerprint density at radius 1 is 0.923 bits per heavy atom. The summed E-state index contributed by atoms with van der Waals surface area (Å²) in [7, 11) is 0. The predicted molar refractivity (Wildman–Crippen MR) is 116 cm³/mol. The number of allylic oxidation sites excluding steroid dienone is 5. The van der Waals surface area contributed by atoms with Gasteiger partial charge < -0.3 is 0 Å². The van der Waals surface area contributed by atoms with Crippen molar-refractivity contribution in [2.75, 3.05) is 0 Å². The van der Waals surface area contributed by atoms with Gasteiger partial charge in [-0.15, -0.1) is 0 Å². The summed E-state index contributed by atoms with van der Waals surface area (Å²) < 4.78 is 0. The fourth-order valence-electron chi connectivity index (χ4n) is 3.20. The van der Waals surface area contributed by atoms with Crippen LogP contribution >= 0.6 is 0 Å². The molecule has 0 atom stereocenters. The Balaban J connectivity index is 2.31. The molecule has 2 aromatic rings. The van der Waals surface area contributed by atoms with Crippen molar-refractivity contribution in [1.29, 1.82) is 0 Å². The summed E-state index contributed by atoms with van der Waals surface area (Å²) in [6, 6.07) is 19.5. The molecule has 0 spiro atoms. The van der Waals surface area contributed by atoms with Gasteiger partial charge in [-0.3, -0.25) is 0 Å². The van der Waals surface area contributed by atoms with Gasteiger partial charge in [0.15, 0.2) is 0 Å². The van der Waals surface area contributed by atoms with E-state index >= 15 is 0 Å². The highest BCUT2D eigenvalue weighted by atomic mass is 14.1. The summed E-state index contributed by atoms with van der Waals surface area (Å²) in [5.41, 5.74) is 9.32. The molecule has 0 fully saturated rings. The fraction of sp³-hybridized carbons (Fsp3) is 0.308. The number of benzene rings is 2. The van der Waals surface area contributed by atoms with Crippen molar-refractivity contribution in [2.45, 2.75) is 53.4 Å². The molecular formula is C26H32. The Labute approximate surface area is 160 Å². The Hall–Kier alpha value is -2.34. The van der Waals surface area contributed by atoms with Crippen LogP contribution in [-0.2, 0) is 6.42 Å². The van der Waals surface area contributed by atoms with E-state index in [1.807, 2.05) is 0 Å². The normalized spacial score (nSPS) is 12.7. The van der Waals surface area contributed by atoms with Gasteiger partial charge in [0.2, 0.25) is 0 Å². The van der Waals surface area contributed by atoms with Crippen LogP contribution in [0.15, 0.2) is 89.5 Å². The minimum atomic E-state index is 0.947. The summed E-state index contributed by atoms with van der Waals surface area (Å²) in [6.07, 6.45) is 6.87. The van der Waals surface area contributed by atoms with Crippen LogP contribution in [0.1, 0.15) is 52.5 Å². The lowest BCUT2D eigenvalue weighted by atomic mass is 9.91. The van der Waals surface area contributed by atoms with Crippen molar-refractivity contribution < 1.29 is 0 Å². The first-order valence-corrected chi connectivity index (χ1v) is 9.68. The van der Waals surface area contributed by atoms with E-state index in [1.54, 1.807) is 0 Å². The summed E-state index contributed by atoms with van der Waals surface area (Å²) >= 11 is 0. The SMILES string of the molecule is C=C(C)/C=C(Cc1cccc(-c2ccccc2)c1)\C(C)=C(/C)CCCC. The standard InChI is InChI=1S/C26H32/c1-6-7-12-21(4)22(5)26(17-20(2)3)19-23-13-11-16-25(18-23)24-14-9-8-10-15-24/h8-11,13-18H,2,6-7,12,19H2,1,3-5H3/b22-21+,26-17-. The summed E-state index contributed by atoms with van der Waals surface area (Å²) in [5, 5.41) is 0. The summed E-state index contributed by atoms with van der Waals surface area (Å²) in [5.74, 6) is 0. The maximum absolute atomic E-state index is 4.11. The topological polar surface area (TPSA) is 0 Å². The first kappa shape index (κ1) is 20.0. The average molecular weight is 345 g/mol. The van der Waals surface area contributed by atoms with Crippen LogP contribution in [0.3, 0.4) is 0 Å². The Kier molecular flexibility index (Phi) is 7.66. The minimum Gasteiger partial charge on any atom is -0.0961 e. The van der Waals surface area contributed by atoms with Gasteiger partial charge in [0.05, 0.1) is 0 Å². The van der Waals surface area contributed by atoms with Gasteiger partial charge in [0, 0.05) is 0 Å². The zero-order valence-corrected chi connectivity index (χ0v) is 16.8. The third kappa shape index (κ3) is 5.88. The van der Waals surface area contributed by atoms with E-state index in [-0.39, 0.29) is 0 Å². The lowest BCUT2D eigenvalue weighted by Gasteiger charge is -2.14. The van der Waals surface area contributed by atoms with Gasteiger partial charge in [-0.05, 0) is 67.9 Å². The molecule has 26 heavy (non-hydrogen) atoms. The zero-order chi connectivity index (χ0) is 18.9. The molecule has 0 unspecified atom stereocenters. The Morgan fingerprint density at radius 3 is 2.27 bits per heavy atom. The smallest absolute Gasteiger partial charge is 0.00229 e. The third-order valence-electron chi connectivity index (χ3n) is 4.88. The molecule has 0 amide bonds. The van der Waals surface area contributed by atoms with Gasteiger partial charge in [-0.2, -0.15) is 0 Å². The number of hydrogen-bond acceptors (Lipinski definition) is 0. The van der Waals surface area contributed by atoms with E-state index < -0.39 is 0 Å². The largest absolute Gasteiger partial charge is 0.0961 e. The van der Waals surface area contributed by atoms with Gasteiger partial charge in [0.1, 0.15) is 0 Å².